The van der Waals surface area contributed by atoms with Crippen molar-refractivity contribution in [2.45, 2.75) is 39.2 Å². The summed E-state index contributed by atoms with van der Waals surface area (Å²) >= 11 is 1.50. The van der Waals surface area contributed by atoms with Gasteiger partial charge in [0.25, 0.3) is 0 Å². The molecule has 1 aromatic heterocycles. The van der Waals surface area contributed by atoms with Gasteiger partial charge in [-0.2, -0.15) is 0 Å². The van der Waals surface area contributed by atoms with Crippen LogP contribution >= 0.6 is 11.3 Å². The first-order valence-corrected chi connectivity index (χ1v) is 9.81. The standard InChI is InChI=1S/C20H24N2O3S/c1-3-25-20(24)18-15-10-7-11-16(15)26-19(18)22-17(23)12-21-13(2)14-8-5-4-6-9-14/h4-6,8-9,13,21H,3,7,10-12H2,1-2H3,(H,22,23)/t13-/m0/s1. The van der Waals surface area contributed by atoms with Crippen LogP contribution in [0.3, 0.4) is 0 Å². The number of carbonyl (C=O) groups is 2. The van der Waals surface area contributed by atoms with E-state index in [4.69, 9.17) is 4.74 Å². The van der Waals surface area contributed by atoms with Crippen molar-refractivity contribution in [3.63, 3.8) is 0 Å². The van der Waals surface area contributed by atoms with Crippen LogP contribution in [0.25, 0.3) is 0 Å². The van der Waals surface area contributed by atoms with Crippen LogP contribution in [0.5, 0.6) is 0 Å². The molecular formula is C20H24N2O3S. The lowest BCUT2D eigenvalue weighted by Crippen LogP contribution is -2.30. The molecule has 2 aromatic rings. The monoisotopic (exact) mass is 372 g/mol. The predicted octanol–water partition coefficient (Wildman–Crippen LogP) is 3.70. The Hall–Kier alpha value is -2.18. The quantitative estimate of drug-likeness (QED) is 0.727. The van der Waals surface area contributed by atoms with Gasteiger partial charge in [-0.1, -0.05) is 30.3 Å². The van der Waals surface area contributed by atoms with E-state index in [2.05, 4.69) is 10.6 Å². The van der Waals surface area contributed by atoms with E-state index in [1.54, 1.807) is 6.92 Å². The highest BCUT2D eigenvalue weighted by Crippen LogP contribution is 2.39. The fourth-order valence-electron chi connectivity index (χ4n) is 3.19. The number of carbonyl (C=O) groups excluding carboxylic acids is 2. The van der Waals surface area contributed by atoms with Crippen LogP contribution in [0.4, 0.5) is 5.00 Å². The van der Waals surface area contributed by atoms with Crippen LogP contribution in [0, 0.1) is 0 Å². The van der Waals surface area contributed by atoms with Crippen LogP contribution in [0.1, 0.15) is 52.7 Å². The molecule has 0 aliphatic heterocycles. The molecule has 1 heterocycles. The predicted molar refractivity (Wildman–Crippen MR) is 104 cm³/mol. The number of hydrogen-bond donors (Lipinski definition) is 2. The number of fused-ring (bicyclic) bond motifs is 1. The topological polar surface area (TPSA) is 67.4 Å². The maximum absolute atomic E-state index is 12.4. The van der Waals surface area contributed by atoms with Gasteiger partial charge >= 0.3 is 5.97 Å². The first-order chi connectivity index (χ1) is 12.6. The molecule has 5 nitrogen and oxygen atoms in total. The van der Waals surface area contributed by atoms with Crippen molar-refractivity contribution in [1.29, 1.82) is 0 Å². The van der Waals surface area contributed by atoms with E-state index in [1.165, 1.54) is 16.2 Å². The number of rotatable bonds is 7. The molecule has 6 heteroatoms. The second-order valence-electron chi connectivity index (χ2n) is 6.34. The molecule has 2 N–H and O–H groups in total. The van der Waals surface area contributed by atoms with Crippen LogP contribution in [-0.2, 0) is 22.4 Å². The molecule has 26 heavy (non-hydrogen) atoms. The number of thiophene rings is 1. The molecule has 1 atom stereocenters. The Kier molecular flexibility index (Phi) is 6.06. The van der Waals surface area contributed by atoms with E-state index in [0.717, 1.165) is 30.4 Å². The average Bonchev–Trinajstić information content (AvgIpc) is 3.21. The van der Waals surface area contributed by atoms with Crippen molar-refractivity contribution >= 4 is 28.2 Å². The van der Waals surface area contributed by atoms with Gasteiger partial charge in [-0.15, -0.1) is 11.3 Å². The zero-order valence-electron chi connectivity index (χ0n) is 15.1. The molecule has 0 saturated carbocycles. The van der Waals surface area contributed by atoms with Crippen molar-refractivity contribution in [2.24, 2.45) is 0 Å². The minimum atomic E-state index is -0.340. The maximum atomic E-state index is 12.4. The Morgan fingerprint density at radius 2 is 2.00 bits per heavy atom. The molecular weight excluding hydrogens is 348 g/mol. The number of esters is 1. The molecule has 0 bridgehead atoms. The van der Waals surface area contributed by atoms with E-state index < -0.39 is 0 Å². The summed E-state index contributed by atoms with van der Waals surface area (Å²) in [6.07, 6.45) is 2.89. The van der Waals surface area contributed by atoms with Gasteiger partial charge < -0.3 is 15.4 Å². The number of anilines is 1. The van der Waals surface area contributed by atoms with Crippen molar-refractivity contribution in [3.05, 3.63) is 51.9 Å². The summed E-state index contributed by atoms with van der Waals surface area (Å²) in [5.74, 6) is -0.494. The number of amides is 1. The fourth-order valence-corrected chi connectivity index (χ4v) is 4.48. The molecule has 1 aliphatic rings. The van der Waals surface area contributed by atoms with Crippen LogP contribution < -0.4 is 10.6 Å². The third-order valence-electron chi connectivity index (χ3n) is 4.52. The van der Waals surface area contributed by atoms with E-state index in [0.29, 0.717) is 17.2 Å². The smallest absolute Gasteiger partial charge is 0.341 e. The summed E-state index contributed by atoms with van der Waals surface area (Å²) < 4.78 is 5.19. The van der Waals surface area contributed by atoms with Gasteiger partial charge in [-0.05, 0) is 44.2 Å². The van der Waals surface area contributed by atoms with E-state index in [1.807, 2.05) is 37.3 Å². The van der Waals surface area contributed by atoms with Gasteiger partial charge in [0.1, 0.15) is 5.00 Å². The molecule has 1 amide bonds. The molecule has 0 saturated heterocycles. The van der Waals surface area contributed by atoms with Gasteiger partial charge in [0.05, 0.1) is 18.7 Å². The van der Waals surface area contributed by atoms with Crippen LogP contribution in [-0.4, -0.2) is 25.0 Å². The first kappa shape index (κ1) is 18.6. The Morgan fingerprint density at radius 1 is 1.23 bits per heavy atom. The lowest BCUT2D eigenvalue weighted by Gasteiger charge is -2.14. The second-order valence-corrected chi connectivity index (χ2v) is 7.45. The van der Waals surface area contributed by atoms with Crippen molar-refractivity contribution in [2.75, 3.05) is 18.5 Å². The highest BCUT2D eigenvalue weighted by Gasteiger charge is 2.28. The molecule has 0 radical (unpaired) electrons. The Labute approximate surface area is 157 Å². The summed E-state index contributed by atoms with van der Waals surface area (Å²) in [6, 6.07) is 10.0. The van der Waals surface area contributed by atoms with Gasteiger partial charge in [-0.25, -0.2) is 4.79 Å². The Morgan fingerprint density at radius 3 is 2.73 bits per heavy atom. The van der Waals surface area contributed by atoms with Gasteiger partial charge in [0, 0.05) is 10.9 Å². The number of nitrogens with one attached hydrogen (secondary N) is 2. The largest absolute Gasteiger partial charge is 0.462 e. The molecule has 3 rings (SSSR count). The van der Waals surface area contributed by atoms with Gasteiger partial charge in [0.2, 0.25) is 5.91 Å². The zero-order valence-corrected chi connectivity index (χ0v) is 15.9. The number of hydrogen-bond acceptors (Lipinski definition) is 5. The number of ether oxygens (including phenoxy) is 1. The highest BCUT2D eigenvalue weighted by molar-refractivity contribution is 7.17. The number of aryl methyl sites for hydroxylation is 1. The fraction of sp³-hybridized carbons (Fsp3) is 0.400. The molecule has 0 spiro atoms. The number of benzene rings is 1. The normalized spacial score (nSPS) is 13.9. The van der Waals surface area contributed by atoms with Crippen LogP contribution in [0.15, 0.2) is 30.3 Å². The minimum absolute atomic E-state index is 0.0693. The SMILES string of the molecule is CCOC(=O)c1c(NC(=O)CN[C@@H](C)c2ccccc2)sc2c1CCC2. The van der Waals surface area contributed by atoms with Crippen molar-refractivity contribution < 1.29 is 14.3 Å². The molecule has 1 aromatic carbocycles. The molecule has 0 unspecified atom stereocenters. The molecule has 0 fully saturated rings. The second kappa shape index (κ2) is 8.47. The van der Waals surface area contributed by atoms with Crippen molar-refractivity contribution in [1.82, 2.24) is 5.32 Å². The molecule has 1 aliphatic carbocycles. The lowest BCUT2D eigenvalue weighted by atomic mass is 10.1. The average molecular weight is 372 g/mol. The Balaban J connectivity index is 1.65. The summed E-state index contributed by atoms with van der Waals surface area (Å²) in [6.45, 7) is 4.32. The first-order valence-electron chi connectivity index (χ1n) is 9.00. The third-order valence-corrected chi connectivity index (χ3v) is 5.73. The highest BCUT2D eigenvalue weighted by atomic mass is 32.1. The van der Waals surface area contributed by atoms with Crippen molar-refractivity contribution in [3.8, 4) is 0 Å². The maximum Gasteiger partial charge on any atom is 0.341 e. The van der Waals surface area contributed by atoms with Gasteiger partial charge in [0.15, 0.2) is 0 Å². The third kappa shape index (κ3) is 4.14. The van der Waals surface area contributed by atoms with Crippen LogP contribution in [0.2, 0.25) is 0 Å². The van der Waals surface area contributed by atoms with E-state index in [9.17, 15) is 9.59 Å². The Bertz CT molecular complexity index is 786. The van der Waals surface area contributed by atoms with E-state index >= 15 is 0 Å². The molecule has 138 valence electrons. The van der Waals surface area contributed by atoms with E-state index in [-0.39, 0.29) is 24.5 Å². The summed E-state index contributed by atoms with van der Waals surface area (Å²) in [7, 11) is 0. The zero-order chi connectivity index (χ0) is 18.5. The summed E-state index contributed by atoms with van der Waals surface area (Å²) in [5.41, 5.74) is 2.73. The summed E-state index contributed by atoms with van der Waals surface area (Å²) in [5, 5.41) is 6.74. The summed E-state index contributed by atoms with van der Waals surface area (Å²) in [4.78, 5) is 25.9. The lowest BCUT2D eigenvalue weighted by molar-refractivity contribution is -0.115. The minimum Gasteiger partial charge on any atom is -0.462 e. The van der Waals surface area contributed by atoms with Gasteiger partial charge in [-0.3, -0.25) is 4.79 Å².